The second-order valence-corrected chi connectivity index (χ2v) is 4.53. The van der Waals surface area contributed by atoms with Crippen molar-refractivity contribution in [1.29, 1.82) is 0 Å². The molecule has 0 aromatic rings. The Bertz CT molecular complexity index is 164. The Hall–Kier alpha value is -0.120. The molecule has 1 aliphatic carbocycles. The van der Waals surface area contributed by atoms with Crippen LogP contribution in [0.4, 0.5) is 0 Å². The first-order chi connectivity index (χ1) is 7.26. The fourth-order valence-electron chi connectivity index (χ4n) is 2.18. The quantitative estimate of drug-likeness (QED) is 0.738. The molecule has 0 bridgehead atoms. The lowest BCUT2D eigenvalue weighted by molar-refractivity contribution is -0.0335. The highest BCUT2D eigenvalue weighted by atomic mass is 16.5. The van der Waals surface area contributed by atoms with E-state index in [2.05, 4.69) is 6.92 Å². The van der Waals surface area contributed by atoms with Crippen LogP contribution >= 0.6 is 0 Å². The molecule has 1 aliphatic rings. The highest BCUT2D eigenvalue weighted by molar-refractivity contribution is 4.74. The standard InChI is InChI=1S/C12H25NO2/c1-3-5-10(13)9-15-12-7-4-6-11(8-12)14-2/h10-12H,3-9,13H2,1-2H3. The van der Waals surface area contributed by atoms with Crippen LogP contribution in [0.5, 0.6) is 0 Å². The van der Waals surface area contributed by atoms with Gasteiger partial charge in [-0.2, -0.15) is 0 Å². The molecule has 15 heavy (non-hydrogen) atoms. The van der Waals surface area contributed by atoms with Gasteiger partial charge in [0.15, 0.2) is 0 Å². The Balaban J connectivity index is 2.14. The molecule has 2 N–H and O–H groups in total. The van der Waals surface area contributed by atoms with E-state index >= 15 is 0 Å². The predicted molar refractivity (Wildman–Crippen MR) is 61.9 cm³/mol. The monoisotopic (exact) mass is 215 g/mol. The van der Waals surface area contributed by atoms with E-state index in [-0.39, 0.29) is 6.04 Å². The number of hydrogen-bond acceptors (Lipinski definition) is 3. The average molecular weight is 215 g/mol. The van der Waals surface area contributed by atoms with Crippen LogP contribution in [0.3, 0.4) is 0 Å². The molecular weight excluding hydrogens is 190 g/mol. The second kappa shape index (κ2) is 7.20. The first kappa shape index (κ1) is 12.9. The van der Waals surface area contributed by atoms with E-state index in [1.807, 2.05) is 0 Å². The third kappa shape index (κ3) is 4.96. The van der Waals surface area contributed by atoms with Crippen LogP contribution in [-0.2, 0) is 9.47 Å². The van der Waals surface area contributed by atoms with Gasteiger partial charge in [0.2, 0.25) is 0 Å². The highest BCUT2D eigenvalue weighted by Gasteiger charge is 2.22. The van der Waals surface area contributed by atoms with E-state index < -0.39 is 0 Å². The molecule has 0 aromatic carbocycles. The number of hydrogen-bond donors (Lipinski definition) is 1. The topological polar surface area (TPSA) is 44.5 Å². The Morgan fingerprint density at radius 2 is 2.07 bits per heavy atom. The molecule has 0 aliphatic heterocycles. The van der Waals surface area contributed by atoms with Crippen molar-refractivity contribution in [2.75, 3.05) is 13.7 Å². The maximum absolute atomic E-state index is 5.91. The number of rotatable bonds is 6. The smallest absolute Gasteiger partial charge is 0.0621 e. The minimum atomic E-state index is 0.206. The highest BCUT2D eigenvalue weighted by Crippen LogP contribution is 2.23. The summed E-state index contributed by atoms with van der Waals surface area (Å²) in [5.74, 6) is 0. The van der Waals surface area contributed by atoms with Gasteiger partial charge in [-0.15, -0.1) is 0 Å². The van der Waals surface area contributed by atoms with Crippen LogP contribution in [0.2, 0.25) is 0 Å². The van der Waals surface area contributed by atoms with Gasteiger partial charge in [0, 0.05) is 13.2 Å². The van der Waals surface area contributed by atoms with Crippen LogP contribution in [0.25, 0.3) is 0 Å². The molecule has 0 spiro atoms. The van der Waals surface area contributed by atoms with Crippen LogP contribution in [0.15, 0.2) is 0 Å². The summed E-state index contributed by atoms with van der Waals surface area (Å²) >= 11 is 0. The molecule has 0 heterocycles. The maximum atomic E-state index is 5.91. The van der Waals surface area contributed by atoms with Crippen LogP contribution in [-0.4, -0.2) is 32.0 Å². The zero-order valence-corrected chi connectivity index (χ0v) is 10.1. The molecule has 0 aromatic heterocycles. The van der Waals surface area contributed by atoms with Crippen molar-refractivity contribution in [3.8, 4) is 0 Å². The molecular formula is C12H25NO2. The van der Waals surface area contributed by atoms with E-state index in [4.69, 9.17) is 15.2 Å². The van der Waals surface area contributed by atoms with Gasteiger partial charge in [-0.3, -0.25) is 0 Å². The van der Waals surface area contributed by atoms with Crippen molar-refractivity contribution in [2.45, 2.75) is 63.7 Å². The summed E-state index contributed by atoms with van der Waals surface area (Å²) in [5, 5.41) is 0. The molecule has 0 amide bonds. The average Bonchev–Trinajstić information content (AvgIpc) is 2.27. The third-order valence-electron chi connectivity index (χ3n) is 3.12. The molecule has 3 heteroatoms. The zero-order chi connectivity index (χ0) is 11.1. The second-order valence-electron chi connectivity index (χ2n) is 4.53. The molecule has 3 nitrogen and oxygen atoms in total. The summed E-state index contributed by atoms with van der Waals surface area (Å²) in [7, 11) is 1.79. The fraction of sp³-hybridized carbons (Fsp3) is 1.00. The van der Waals surface area contributed by atoms with Gasteiger partial charge in [-0.1, -0.05) is 13.3 Å². The lowest BCUT2D eigenvalue weighted by Gasteiger charge is -2.29. The minimum absolute atomic E-state index is 0.206. The van der Waals surface area contributed by atoms with Crippen LogP contribution in [0, 0.1) is 0 Å². The molecule has 0 saturated heterocycles. The molecule has 0 radical (unpaired) electrons. The van der Waals surface area contributed by atoms with Crippen LogP contribution in [0.1, 0.15) is 45.4 Å². The molecule has 1 fully saturated rings. The third-order valence-corrected chi connectivity index (χ3v) is 3.12. The van der Waals surface area contributed by atoms with E-state index in [1.165, 1.54) is 19.3 Å². The number of nitrogens with two attached hydrogens (primary N) is 1. The Kier molecular flexibility index (Phi) is 6.22. The predicted octanol–water partition coefficient (Wildman–Crippen LogP) is 2.09. The fourth-order valence-corrected chi connectivity index (χ4v) is 2.18. The molecule has 1 saturated carbocycles. The lowest BCUT2D eigenvalue weighted by Crippen LogP contribution is -2.33. The molecule has 3 atom stereocenters. The Labute approximate surface area is 93.3 Å². The zero-order valence-electron chi connectivity index (χ0n) is 10.1. The van der Waals surface area contributed by atoms with Crippen molar-refractivity contribution in [1.82, 2.24) is 0 Å². The summed E-state index contributed by atoms with van der Waals surface area (Å²) in [6, 6.07) is 0.206. The summed E-state index contributed by atoms with van der Waals surface area (Å²) in [5.41, 5.74) is 5.91. The van der Waals surface area contributed by atoms with E-state index in [0.717, 1.165) is 19.3 Å². The first-order valence-corrected chi connectivity index (χ1v) is 6.16. The van der Waals surface area contributed by atoms with Gasteiger partial charge >= 0.3 is 0 Å². The number of ether oxygens (including phenoxy) is 2. The first-order valence-electron chi connectivity index (χ1n) is 6.16. The summed E-state index contributed by atoms with van der Waals surface area (Å²) in [6.07, 6.45) is 7.55. The lowest BCUT2D eigenvalue weighted by atomic mass is 9.95. The Morgan fingerprint density at radius 1 is 1.33 bits per heavy atom. The van der Waals surface area contributed by atoms with Gasteiger partial charge in [0.1, 0.15) is 0 Å². The number of methoxy groups -OCH3 is 1. The maximum Gasteiger partial charge on any atom is 0.0621 e. The van der Waals surface area contributed by atoms with Crippen molar-refractivity contribution in [3.63, 3.8) is 0 Å². The van der Waals surface area contributed by atoms with Crippen molar-refractivity contribution >= 4 is 0 Å². The van der Waals surface area contributed by atoms with E-state index in [1.54, 1.807) is 7.11 Å². The molecule has 1 rings (SSSR count). The minimum Gasteiger partial charge on any atom is -0.381 e. The van der Waals surface area contributed by atoms with E-state index in [0.29, 0.717) is 18.8 Å². The normalized spacial score (nSPS) is 29.0. The summed E-state index contributed by atoms with van der Waals surface area (Å²) in [6.45, 7) is 2.86. The molecule has 90 valence electrons. The van der Waals surface area contributed by atoms with Gasteiger partial charge in [0.25, 0.3) is 0 Å². The summed E-state index contributed by atoms with van der Waals surface area (Å²) < 4.78 is 11.2. The molecule has 3 unspecified atom stereocenters. The van der Waals surface area contributed by atoms with Crippen molar-refractivity contribution in [3.05, 3.63) is 0 Å². The summed E-state index contributed by atoms with van der Waals surface area (Å²) in [4.78, 5) is 0. The van der Waals surface area contributed by atoms with Gasteiger partial charge in [0.05, 0.1) is 18.8 Å². The largest absolute Gasteiger partial charge is 0.381 e. The van der Waals surface area contributed by atoms with E-state index in [9.17, 15) is 0 Å². The van der Waals surface area contributed by atoms with Gasteiger partial charge < -0.3 is 15.2 Å². The van der Waals surface area contributed by atoms with Crippen LogP contribution < -0.4 is 5.73 Å². The SMILES string of the molecule is CCCC(N)COC1CCCC(OC)C1. The van der Waals surface area contributed by atoms with Gasteiger partial charge in [-0.25, -0.2) is 0 Å². The van der Waals surface area contributed by atoms with Gasteiger partial charge in [-0.05, 0) is 32.1 Å². The van der Waals surface area contributed by atoms with Crippen molar-refractivity contribution < 1.29 is 9.47 Å². The van der Waals surface area contributed by atoms with Crippen molar-refractivity contribution in [2.24, 2.45) is 5.73 Å². The Morgan fingerprint density at radius 3 is 2.73 bits per heavy atom.